The number of nitrogens with one attached hydrogen (secondary N) is 1. The molecule has 0 bridgehead atoms. The van der Waals surface area contributed by atoms with Crippen LogP contribution in [0.2, 0.25) is 0 Å². The Labute approximate surface area is 143 Å². The summed E-state index contributed by atoms with van der Waals surface area (Å²) in [4.78, 5) is 12.4. The molecule has 2 aromatic carbocycles. The third-order valence-electron chi connectivity index (χ3n) is 4.95. The second-order valence-electron chi connectivity index (χ2n) is 6.86. The number of amides is 1. The van der Waals surface area contributed by atoms with E-state index in [1.807, 2.05) is 49.4 Å². The SMILES string of the molecule is Cc1ccccc1C1CC1C(=O)NC(C)C(O)Cc1ccccc1. The molecule has 1 saturated carbocycles. The van der Waals surface area contributed by atoms with Crippen molar-refractivity contribution in [2.24, 2.45) is 5.92 Å². The summed E-state index contributed by atoms with van der Waals surface area (Å²) in [6.07, 6.45) is 0.874. The Morgan fingerprint density at radius 3 is 2.54 bits per heavy atom. The number of aryl methyl sites for hydroxylation is 1. The van der Waals surface area contributed by atoms with Crippen LogP contribution in [0, 0.1) is 12.8 Å². The van der Waals surface area contributed by atoms with E-state index < -0.39 is 6.10 Å². The normalized spacial score (nSPS) is 21.8. The molecule has 1 aliphatic carbocycles. The molecule has 24 heavy (non-hydrogen) atoms. The molecular weight excluding hydrogens is 298 g/mol. The summed E-state index contributed by atoms with van der Waals surface area (Å²) < 4.78 is 0. The molecule has 1 fully saturated rings. The zero-order valence-electron chi connectivity index (χ0n) is 14.3. The van der Waals surface area contributed by atoms with E-state index in [0.717, 1.165) is 12.0 Å². The van der Waals surface area contributed by atoms with Crippen LogP contribution in [0.15, 0.2) is 54.6 Å². The molecular formula is C21H25NO2. The second-order valence-corrected chi connectivity index (χ2v) is 6.86. The highest BCUT2D eigenvalue weighted by Gasteiger charge is 2.44. The van der Waals surface area contributed by atoms with Crippen molar-refractivity contribution in [1.82, 2.24) is 5.32 Å². The number of hydrogen-bond acceptors (Lipinski definition) is 2. The predicted octanol–water partition coefficient (Wildman–Crippen LogP) is 3.21. The summed E-state index contributed by atoms with van der Waals surface area (Å²) in [5.41, 5.74) is 3.60. The third-order valence-corrected chi connectivity index (χ3v) is 4.95. The highest BCUT2D eigenvalue weighted by atomic mass is 16.3. The van der Waals surface area contributed by atoms with Gasteiger partial charge in [0.15, 0.2) is 0 Å². The lowest BCUT2D eigenvalue weighted by molar-refractivity contribution is -0.123. The van der Waals surface area contributed by atoms with E-state index in [1.165, 1.54) is 11.1 Å². The molecule has 0 aromatic heterocycles. The van der Waals surface area contributed by atoms with Gasteiger partial charge in [-0.15, -0.1) is 0 Å². The average molecular weight is 323 g/mol. The third kappa shape index (κ3) is 3.85. The average Bonchev–Trinajstić information content (AvgIpc) is 3.36. The van der Waals surface area contributed by atoms with Crippen molar-refractivity contribution in [2.75, 3.05) is 0 Å². The molecule has 126 valence electrons. The van der Waals surface area contributed by atoms with Gasteiger partial charge in [-0.1, -0.05) is 54.6 Å². The first-order chi connectivity index (χ1) is 11.6. The van der Waals surface area contributed by atoms with Gasteiger partial charge in [-0.2, -0.15) is 0 Å². The standard InChI is InChI=1S/C21H25NO2/c1-14-8-6-7-11-17(14)18-13-19(18)21(24)22-15(2)20(23)12-16-9-4-3-5-10-16/h3-11,15,18-20,23H,12-13H2,1-2H3,(H,22,24). The molecule has 2 N–H and O–H groups in total. The predicted molar refractivity (Wildman–Crippen MR) is 95.8 cm³/mol. The van der Waals surface area contributed by atoms with Gasteiger partial charge in [-0.3, -0.25) is 4.79 Å². The van der Waals surface area contributed by atoms with Gasteiger partial charge < -0.3 is 10.4 Å². The summed E-state index contributed by atoms with van der Waals surface area (Å²) >= 11 is 0. The van der Waals surface area contributed by atoms with E-state index in [9.17, 15) is 9.90 Å². The minimum absolute atomic E-state index is 0.0393. The Morgan fingerprint density at radius 2 is 1.83 bits per heavy atom. The summed E-state index contributed by atoms with van der Waals surface area (Å²) in [7, 11) is 0. The quantitative estimate of drug-likeness (QED) is 0.857. The van der Waals surface area contributed by atoms with Crippen molar-refractivity contribution in [3.05, 3.63) is 71.3 Å². The summed E-state index contributed by atoms with van der Waals surface area (Å²) in [5.74, 6) is 0.421. The maximum Gasteiger partial charge on any atom is 0.224 e. The summed E-state index contributed by atoms with van der Waals surface area (Å²) in [6.45, 7) is 3.96. The molecule has 3 heteroatoms. The largest absolute Gasteiger partial charge is 0.391 e. The van der Waals surface area contributed by atoms with Gasteiger partial charge >= 0.3 is 0 Å². The van der Waals surface area contributed by atoms with E-state index in [-0.39, 0.29) is 17.9 Å². The summed E-state index contributed by atoms with van der Waals surface area (Å²) in [5, 5.41) is 13.3. The van der Waals surface area contributed by atoms with Gasteiger partial charge in [0.25, 0.3) is 0 Å². The zero-order chi connectivity index (χ0) is 17.1. The zero-order valence-corrected chi connectivity index (χ0v) is 14.3. The number of carbonyl (C=O) groups excluding carboxylic acids is 1. The van der Waals surface area contributed by atoms with Crippen LogP contribution >= 0.6 is 0 Å². The molecule has 0 radical (unpaired) electrons. The molecule has 0 aliphatic heterocycles. The van der Waals surface area contributed by atoms with Crippen LogP contribution in [0.1, 0.15) is 36.0 Å². The fourth-order valence-electron chi connectivity index (χ4n) is 3.29. The van der Waals surface area contributed by atoms with Crippen LogP contribution in [0.5, 0.6) is 0 Å². The van der Waals surface area contributed by atoms with Crippen LogP contribution in [-0.4, -0.2) is 23.2 Å². The molecule has 4 unspecified atom stereocenters. The van der Waals surface area contributed by atoms with Gasteiger partial charge in [-0.05, 0) is 42.9 Å². The highest BCUT2D eigenvalue weighted by molar-refractivity contribution is 5.83. The molecule has 3 rings (SSSR count). The lowest BCUT2D eigenvalue weighted by Crippen LogP contribution is -2.43. The van der Waals surface area contributed by atoms with Crippen LogP contribution in [-0.2, 0) is 11.2 Å². The monoisotopic (exact) mass is 323 g/mol. The lowest BCUT2D eigenvalue weighted by Gasteiger charge is -2.20. The molecule has 4 atom stereocenters. The fraction of sp³-hybridized carbons (Fsp3) is 0.381. The van der Waals surface area contributed by atoms with Crippen molar-refractivity contribution >= 4 is 5.91 Å². The second kappa shape index (κ2) is 7.18. The van der Waals surface area contributed by atoms with Crippen molar-refractivity contribution < 1.29 is 9.90 Å². The van der Waals surface area contributed by atoms with E-state index in [2.05, 4.69) is 24.4 Å². The van der Waals surface area contributed by atoms with Crippen LogP contribution < -0.4 is 5.32 Å². The number of rotatable bonds is 6. The topological polar surface area (TPSA) is 49.3 Å². The minimum Gasteiger partial charge on any atom is -0.391 e. The number of aliphatic hydroxyl groups is 1. The Hall–Kier alpha value is -2.13. The van der Waals surface area contributed by atoms with Crippen molar-refractivity contribution in [2.45, 2.75) is 44.8 Å². The number of aliphatic hydroxyl groups excluding tert-OH is 1. The van der Waals surface area contributed by atoms with Crippen LogP contribution in [0.4, 0.5) is 0 Å². The highest BCUT2D eigenvalue weighted by Crippen LogP contribution is 2.48. The number of hydrogen-bond donors (Lipinski definition) is 2. The first-order valence-electron chi connectivity index (χ1n) is 8.64. The van der Waals surface area contributed by atoms with Crippen LogP contribution in [0.3, 0.4) is 0 Å². The van der Waals surface area contributed by atoms with E-state index in [1.54, 1.807) is 0 Å². The van der Waals surface area contributed by atoms with E-state index in [0.29, 0.717) is 12.3 Å². The van der Waals surface area contributed by atoms with Gasteiger partial charge in [0.05, 0.1) is 12.1 Å². The first-order valence-corrected chi connectivity index (χ1v) is 8.64. The van der Waals surface area contributed by atoms with Crippen molar-refractivity contribution in [1.29, 1.82) is 0 Å². The molecule has 0 spiro atoms. The molecule has 2 aromatic rings. The van der Waals surface area contributed by atoms with E-state index in [4.69, 9.17) is 0 Å². The minimum atomic E-state index is -0.577. The van der Waals surface area contributed by atoms with Gasteiger partial charge in [0.1, 0.15) is 0 Å². The molecule has 3 nitrogen and oxygen atoms in total. The van der Waals surface area contributed by atoms with Gasteiger partial charge in [0, 0.05) is 12.3 Å². The number of carbonyl (C=O) groups is 1. The van der Waals surface area contributed by atoms with E-state index >= 15 is 0 Å². The van der Waals surface area contributed by atoms with Gasteiger partial charge in [-0.25, -0.2) is 0 Å². The van der Waals surface area contributed by atoms with Crippen molar-refractivity contribution in [3.8, 4) is 0 Å². The molecule has 0 heterocycles. The Balaban J connectivity index is 1.53. The first kappa shape index (κ1) is 16.7. The Morgan fingerprint density at radius 1 is 1.17 bits per heavy atom. The van der Waals surface area contributed by atoms with Crippen molar-refractivity contribution in [3.63, 3.8) is 0 Å². The Kier molecular flexibility index (Phi) is 5.00. The van der Waals surface area contributed by atoms with Gasteiger partial charge in [0.2, 0.25) is 5.91 Å². The summed E-state index contributed by atoms with van der Waals surface area (Å²) in [6, 6.07) is 17.9. The lowest BCUT2D eigenvalue weighted by atomic mass is 10.0. The Bertz CT molecular complexity index is 698. The fourth-order valence-corrected chi connectivity index (χ4v) is 3.29. The molecule has 0 saturated heterocycles. The maximum atomic E-state index is 12.4. The molecule has 1 aliphatic rings. The number of benzene rings is 2. The molecule has 1 amide bonds. The van der Waals surface area contributed by atoms with Crippen LogP contribution in [0.25, 0.3) is 0 Å². The maximum absolute atomic E-state index is 12.4. The smallest absolute Gasteiger partial charge is 0.224 e.